The summed E-state index contributed by atoms with van der Waals surface area (Å²) in [7, 11) is 0. The van der Waals surface area contributed by atoms with E-state index in [0.717, 1.165) is 0 Å². The Balaban J connectivity index is 0.000000490. The van der Waals surface area contributed by atoms with E-state index in [9.17, 15) is 13.2 Å². The molecule has 0 spiro atoms. The maximum absolute atomic E-state index is 11.2. The first-order chi connectivity index (χ1) is 3.11. The van der Waals surface area contributed by atoms with Crippen LogP contribution in [-0.4, -0.2) is 6.18 Å². The molecular formula is C4H8F3N. The van der Waals surface area contributed by atoms with Crippen molar-refractivity contribution in [1.82, 2.24) is 6.15 Å². The lowest BCUT2D eigenvalue weighted by Crippen LogP contribution is -2.08. The van der Waals surface area contributed by atoms with Gasteiger partial charge in [0.25, 0.3) is 0 Å². The van der Waals surface area contributed by atoms with Crippen molar-refractivity contribution >= 4 is 0 Å². The summed E-state index contributed by atoms with van der Waals surface area (Å²) in [5.74, 6) is -0.951. The Labute approximate surface area is 45.5 Å². The van der Waals surface area contributed by atoms with E-state index in [1.807, 2.05) is 0 Å². The fraction of sp³-hybridized carbons (Fsp3) is 1.00. The summed E-state index contributed by atoms with van der Waals surface area (Å²) >= 11 is 0. The van der Waals surface area contributed by atoms with Gasteiger partial charge < -0.3 is 6.15 Å². The van der Waals surface area contributed by atoms with Crippen LogP contribution in [0.4, 0.5) is 13.2 Å². The molecule has 1 rings (SSSR count). The molecule has 50 valence electrons. The Morgan fingerprint density at radius 2 is 1.50 bits per heavy atom. The molecular weight excluding hydrogens is 119 g/mol. The summed E-state index contributed by atoms with van der Waals surface area (Å²) in [4.78, 5) is 0. The molecule has 1 aliphatic rings. The Hall–Kier alpha value is -0.250. The summed E-state index contributed by atoms with van der Waals surface area (Å²) in [6, 6.07) is 0. The molecule has 1 saturated carbocycles. The molecule has 0 unspecified atom stereocenters. The smallest absolute Gasteiger partial charge is 0.344 e. The van der Waals surface area contributed by atoms with Crippen molar-refractivity contribution in [3.8, 4) is 0 Å². The number of hydrogen-bond acceptors (Lipinski definition) is 1. The molecule has 0 heterocycles. The van der Waals surface area contributed by atoms with Gasteiger partial charge in [0.2, 0.25) is 0 Å². The maximum atomic E-state index is 11.2. The minimum absolute atomic E-state index is 0. The van der Waals surface area contributed by atoms with E-state index in [4.69, 9.17) is 0 Å². The highest BCUT2D eigenvalue weighted by Crippen LogP contribution is 2.43. The van der Waals surface area contributed by atoms with Gasteiger partial charge in [0.1, 0.15) is 0 Å². The van der Waals surface area contributed by atoms with E-state index in [-0.39, 0.29) is 6.15 Å². The first-order valence-corrected chi connectivity index (χ1v) is 2.17. The SMILES string of the molecule is FC(F)(F)C1CC1.N. The van der Waals surface area contributed by atoms with Gasteiger partial charge in [-0.05, 0) is 12.8 Å². The van der Waals surface area contributed by atoms with Crippen LogP contribution in [0.1, 0.15) is 12.8 Å². The molecule has 0 saturated heterocycles. The van der Waals surface area contributed by atoms with Gasteiger partial charge in [-0.15, -0.1) is 0 Å². The van der Waals surface area contributed by atoms with Gasteiger partial charge in [-0.1, -0.05) is 0 Å². The Morgan fingerprint density at radius 1 is 1.12 bits per heavy atom. The van der Waals surface area contributed by atoms with Crippen LogP contribution in [0.5, 0.6) is 0 Å². The van der Waals surface area contributed by atoms with Crippen LogP contribution in [0, 0.1) is 5.92 Å². The van der Waals surface area contributed by atoms with Gasteiger partial charge in [0.15, 0.2) is 0 Å². The van der Waals surface area contributed by atoms with Gasteiger partial charge >= 0.3 is 6.18 Å². The highest BCUT2D eigenvalue weighted by atomic mass is 19.4. The fourth-order valence-corrected chi connectivity index (χ4v) is 0.411. The minimum atomic E-state index is -3.89. The normalized spacial score (nSPS) is 19.9. The third-order valence-corrected chi connectivity index (χ3v) is 1.04. The molecule has 3 N–H and O–H groups in total. The Bertz CT molecular complexity index is 73.8. The van der Waals surface area contributed by atoms with Crippen LogP contribution >= 0.6 is 0 Å². The average molecular weight is 127 g/mol. The highest BCUT2D eigenvalue weighted by Gasteiger charge is 2.46. The van der Waals surface area contributed by atoms with E-state index < -0.39 is 12.1 Å². The number of rotatable bonds is 0. The molecule has 0 radical (unpaired) electrons. The van der Waals surface area contributed by atoms with E-state index in [0.29, 0.717) is 12.8 Å². The van der Waals surface area contributed by atoms with E-state index in [1.54, 1.807) is 0 Å². The van der Waals surface area contributed by atoms with E-state index >= 15 is 0 Å². The first kappa shape index (κ1) is 7.75. The highest BCUT2D eigenvalue weighted by molar-refractivity contribution is 4.79. The Morgan fingerprint density at radius 3 is 1.50 bits per heavy atom. The van der Waals surface area contributed by atoms with Crippen molar-refractivity contribution in [2.45, 2.75) is 19.0 Å². The zero-order valence-corrected chi connectivity index (χ0v) is 4.33. The molecule has 1 nitrogen and oxygen atoms in total. The minimum Gasteiger partial charge on any atom is -0.344 e. The quantitative estimate of drug-likeness (QED) is 0.531. The van der Waals surface area contributed by atoms with Crippen molar-refractivity contribution in [1.29, 1.82) is 0 Å². The molecule has 8 heavy (non-hydrogen) atoms. The zero-order valence-electron chi connectivity index (χ0n) is 4.33. The Kier molecular flexibility index (Phi) is 1.87. The number of hydrogen-bond donors (Lipinski definition) is 1. The second-order valence-electron chi connectivity index (χ2n) is 1.82. The zero-order chi connectivity index (χ0) is 5.49. The van der Waals surface area contributed by atoms with Crippen molar-refractivity contribution in [2.75, 3.05) is 0 Å². The van der Waals surface area contributed by atoms with Gasteiger partial charge in [0.05, 0.1) is 5.92 Å². The van der Waals surface area contributed by atoms with Crippen molar-refractivity contribution in [3.05, 3.63) is 0 Å². The van der Waals surface area contributed by atoms with Crippen LogP contribution in [0.3, 0.4) is 0 Å². The molecule has 1 fully saturated rings. The second-order valence-corrected chi connectivity index (χ2v) is 1.82. The molecule has 0 atom stereocenters. The predicted molar refractivity (Wildman–Crippen MR) is 23.8 cm³/mol. The summed E-state index contributed by atoms with van der Waals surface area (Å²) in [6.45, 7) is 0. The van der Waals surface area contributed by atoms with Crippen molar-refractivity contribution in [3.63, 3.8) is 0 Å². The van der Waals surface area contributed by atoms with Crippen LogP contribution in [-0.2, 0) is 0 Å². The monoisotopic (exact) mass is 127 g/mol. The third-order valence-electron chi connectivity index (χ3n) is 1.04. The third kappa shape index (κ3) is 1.69. The topological polar surface area (TPSA) is 35.0 Å². The molecule has 0 aromatic heterocycles. The lowest BCUT2D eigenvalue weighted by atomic mass is 10.4. The van der Waals surface area contributed by atoms with Gasteiger partial charge in [-0.3, -0.25) is 0 Å². The molecule has 1 aliphatic carbocycles. The second kappa shape index (κ2) is 1.93. The fourth-order valence-electron chi connectivity index (χ4n) is 0.411. The molecule has 0 aromatic rings. The molecule has 0 amide bonds. The first-order valence-electron chi connectivity index (χ1n) is 2.17. The summed E-state index contributed by atoms with van der Waals surface area (Å²) in [5, 5.41) is 0. The molecule has 0 bridgehead atoms. The number of halogens is 3. The number of alkyl halides is 3. The van der Waals surface area contributed by atoms with Gasteiger partial charge in [-0.2, -0.15) is 13.2 Å². The maximum Gasteiger partial charge on any atom is 0.391 e. The van der Waals surface area contributed by atoms with Gasteiger partial charge in [-0.25, -0.2) is 0 Å². The predicted octanol–water partition coefficient (Wildman–Crippen LogP) is 2.12. The molecule has 4 heteroatoms. The summed E-state index contributed by atoms with van der Waals surface area (Å²) in [5.41, 5.74) is 0. The lowest BCUT2D eigenvalue weighted by Gasteiger charge is -1.99. The van der Waals surface area contributed by atoms with Crippen LogP contribution in [0.25, 0.3) is 0 Å². The van der Waals surface area contributed by atoms with Crippen LogP contribution < -0.4 is 6.15 Å². The average Bonchev–Trinajstić information content (AvgIpc) is 1.99. The molecule has 0 aromatic carbocycles. The van der Waals surface area contributed by atoms with Gasteiger partial charge in [0, 0.05) is 0 Å². The van der Waals surface area contributed by atoms with Crippen molar-refractivity contribution < 1.29 is 13.2 Å². The largest absolute Gasteiger partial charge is 0.391 e. The van der Waals surface area contributed by atoms with Crippen LogP contribution in [0.2, 0.25) is 0 Å². The lowest BCUT2D eigenvalue weighted by molar-refractivity contribution is -0.147. The molecule has 0 aliphatic heterocycles. The van der Waals surface area contributed by atoms with E-state index in [1.165, 1.54) is 0 Å². The summed E-state index contributed by atoms with van der Waals surface area (Å²) in [6.07, 6.45) is -3.19. The van der Waals surface area contributed by atoms with Crippen molar-refractivity contribution in [2.24, 2.45) is 5.92 Å². The summed E-state index contributed by atoms with van der Waals surface area (Å²) < 4.78 is 33.7. The standard InChI is InChI=1S/C4H5F3.H3N/c5-4(6,7)3-1-2-3;/h3H,1-2H2;1H3. The van der Waals surface area contributed by atoms with E-state index in [2.05, 4.69) is 0 Å². The van der Waals surface area contributed by atoms with Crippen LogP contribution in [0.15, 0.2) is 0 Å².